The molecule has 33 heavy (non-hydrogen) atoms. The van der Waals surface area contributed by atoms with Gasteiger partial charge in [-0.2, -0.15) is 0 Å². The number of benzene rings is 3. The average Bonchev–Trinajstić information content (AvgIpc) is 2.88. The second kappa shape index (κ2) is 7.80. The van der Waals surface area contributed by atoms with Crippen molar-refractivity contribution in [2.24, 2.45) is 0 Å². The van der Waals surface area contributed by atoms with Gasteiger partial charge in [-0.25, -0.2) is 9.97 Å². The topological polar surface area (TPSA) is 71.5 Å². The van der Waals surface area contributed by atoms with Gasteiger partial charge >= 0.3 is 0 Å². The monoisotopic (exact) mass is 426 g/mol. The van der Waals surface area contributed by atoms with Crippen LogP contribution in [0.5, 0.6) is 0 Å². The summed E-state index contributed by atoms with van der Waals surface area (Å²) in [6, 6.07) is 31.4. The number of aromatic nitrogens is 4. The summed E-state index contributed by atoms with van der Waals surface area (Å²) in [6.07, 6.45) is 1.79. The van der Waals surface area contributed by atoms with Gasteiger partial charge in [0, 0.05) is 34.3 Å². The van der Waals surface area contributed by atoms with Crippen LogP contribution in [0.25, 0.3) is 55.7 Å². The van der Waals surface area contributed by atoms with E-state index in [1.807, 2.05) is 84.9 Å². The molecule has 0 amide bonds. The van der Waals surface area contributed by atoms with Crippen LogP contribution >= 0.6 is 0 Å². The number of nitrogens with one attached hydrogen (secondary N) is 1. The van der Waals surface area contributed by atoms with Crippen molar-refractivity contribution in [2.45, 2.75) is 0 Å². The van der Waals surface area contributed by atoms with Gasteiger partial charge in [-0.15, -0.1) is 0 Å². The summed E-state index contributed by atoms with van der Waals surface area (Å²) in [7, 11) is 0. The van der Waals surface area contributed by atoms with Crippen molar-refractivity contribution in [1.29, 1.82) is 0 Å². The molecule has 3 heterocycles. The van der Waals surface area contributed by atoms with Gasteiger partial charge in [0.15, 0.2) is 5.65 Å². The number of hydrogen-bond acceptors (Lipinski definition) is 4. The smallest absolute Gasteiger partial charge is 0.250 e. The van der Waals surface area contributed by atoms with Gasteiger partial charge < -0.3 is 4.98 Å². The molecule has 0 fully saturated rings. The van der Waals surface area contributed by atoms with Crippen LogP contribution in [0, 0.1) is 0 Å². The highest BCUT2D eigenvalue weighted by Crippen LogP contribution is 2.34. The third-order valence-corrected chi connectivity index (χ3v) is 5.68. The van der Waals surface area contributed by atoms with Gasteiger partial charge in [0.1, 0.15) is 5.52 Å². The number of nitrogens with zero attached hydrogens (tertiary/aromatic N) is 3. The molecule has 0 aliphatic heterocycles. The Hall–Kier alpha value is -4.64. The predicted molar refractivity (Wildman–Crippen MR) is 132 cm³/mol. The van der Waals surface area contributed by atoms with E-state index in [0.717, 1.165) is 38.9 Å². The molecule has 0 aliphatic rings. The van der Waals surface area contributed by atoms with Crippen molar-refractivity contribution < 1.29 is 0 Å². The molecule has 5 heteroatoms. The van der Waals surface area contributed by atoms with E-state index < -0.39 is 0 Å². The Bertz CT molecular complexity index is 1680. The molecule has 0 aliphatic carbocycles. The maximum Gasteiger partial charge on any atom is 0.250 e. The SMILES string of the molecule is O=c1cc(-c2ccccc2)c2nc(-c3ccc4ncccc4c3)c(-c3ccccc3)nc2[nH]1. The molecule has 5 nitrogen and oxygen atoms in total. The first-order chi connectivity index (χ1) is 16.3. The third kappa shape index (κ3) is 3.46. The number of pyridine rings is 2. The van der Waals surface area contributed by atoms with E-state index in [4.69, 9.17) is 9.97 Å². The normalized spacial score (nSPS) is 11.2. The molecular weight excluding hydrogens is 408 g/mol. The van der Waals surface area contributed by atoms with Crippen LogP contribution in [0.4, 0.5) is 0 Å². The van der Waals surface area contributed by atoms with E-state index in [-0.39, 0.29) is 5.56 Å². The summed E-state index contributed by atoms with van der Waals surface area (Å²) in [5, 5.41) is 1.03. The van der Waals surface area contributed by atoms with Gasteiger partial charge in [-0.1, -0.05) is 72.8 Å². The first-order valence-electron chi connectivity index (χ1n) is 10.7. The quantitative estimate of drug-likeness (QED) is 0.384. The Morgan fingerprint density at radius 2 is 1.36 bits per heavy atom. The number of fused-ring (bicyclic) bond motifs is 2. The molecule has 0 saturated carbocycles. The zero-order valence-electron chi connectivity index (χ0n) is 17.6. The zero-order chi connectivity index (χ0) is 22.2. The molecule has 1 N–H and O–H groups in total. The first-order valence-corrected chi connectivity index (χ1v) is 10.7. The fraction of sp³-hybridized carbons (Fsp3) is 0. The predicted octanol–water partition coefficient (Wildman–Crippen LogP) is 5.87. The van der Waals surface area contributed by atoms with E-state index in [0.29, 0.717) is 16.9 Å². The van der Waals surface area contributed by atoms with Crippen LogP contribution < -0.4 is 5.56 Å². The molecule has 0 spiro atoms. The highest BCUT2D eigenvalue weighted by Gasteiger charge is 2.17. The van der Waals surface area contributed by atoms with E-state index >= 15 is 0 Å². The molecular formula is C28H18N4O. The minimum absolute atomic E-state index is 0.209. The van der Waals surface area contributed by atoms with E-state index in [9.17, 15) is 4.79 Å². The molecule has 0 atom stereocenters. The number of hydrogen-bond donors (Lipinski definition) is 1. The minimum Gasteiger partial charge on any atom is -0.305 e. The van der Waals surface area contributed by atoms with E-state index in [2.05, 4.69) is 16.0 Å². The standard InChI is InChI=1S/C28H18N4O/c33-24-17-22(18-8-3-1-4-9-18)27-28(30-24)32-25(19-10-5-2-6-11-19)26(31-27)21-13-14-23-20(16-21)12-7-15-29-23/h1-17H,(H,30,32,33). The molecule has 3 aromatic heterocycles. The Kier molecular flexibility index (Phi) is 4.51. The van der Waals surface area contributed by atoms with Crippen LogP contribution in [0.15, 0.2) is 108 Å². The second-order valence-electron chi connectivity index (χ2n) is 7.81. The number of aromatic amines is 1. The lowest BCUT2D eigenvalue weighted by Gasteiger charge is -2.13. The lowest BCUT2D eigenvalue weighted by atomic mass is 10.0. The fourth-order valence-corrected chi connectivity index (χ4v) is 4.12. The van der Waals surface area contributed by atoms with Gasteiger partial charge in [0.05, 0.1) is 16.9 Å². The van der Waals surface area contributed by atoms with Crippen molar-refractivity contribution in [3.63, 3.8) is 0 Å². The molecule has 6 rings (SSSR count). The van der Waals surface area contributed by atoms with E-state index in [1.54, 1.807) is 12.3 Å². The summed E-state index contributed by atoms with van der Waals surface area (Å²) in [5.74, 6) is 0. The summed E-state index contributed by atoms with van der Waals surface area (Å²) in [6.45, 7) is 0. The lowest BCUT2D eigenvalue weighted by molar-refractivity contribution is 1.19. The highest BCUT2D eigenvalue weighted by molar-refractivity contribution is 5.94. The summed E-state index contributed by atoms with van der Waals surface area (Å²) >= 11 is 0. The maximum atomic E-state index is 12.5. The fourth-order valence-electron chi connectivity index (χ4n) is 4.12. The van der Waals surface area contributed by atoms with Crippen LogP contribution in [-0.4, -0.2) is 19.9 Å². The average molecular weight is 426 g/mol. The molecule has 3 aromatic carbocycles. The Morgan fingerprint density at radius 3 is 2.15 bits per heavy atom. The van der Waals surface area contributed by atoms with Crippen molar-refractivity contribution in [3.8, 4) is 33.6 Å². The number of H-pyrrole nitrogens is 1. The Labute approximate surface area is 189 Å². The molecule has 0 unspecified atom stereocenters. The highest BCUT2D eigenvalue weighted by atomic mass is 16.1. The first kappa shape index (κ1) is 19.1. The minimum atomic E-state index is -0.209. The maximum absolute atomic E-state index is 12.5. The molecule has 0 bridgehead atoms. The van der Waals surface area contributed by atoms with Crippen molar-refractivity contribution >= 4 is 22.1 Å². The van der Waals surface area contributed by atoms with Crippen molar-refractivity contribution in [1.82, 2.24) is 19.9 Å². The van der Waals surface area contributed by atoms with Crippen LogP contribution in [0.3, 0.4) is 0 Å². The summed E-state index contributed by atoms with van der Waals surface area (Å²) in [5.41, 5.74) is 6.84. The second-order valence-corrected chi connectivity index (χ2v) is 7.81. The largest absolute Gasteiger partial charge is 0.305 e. The van der Waals surface area contributed by atoms with Crippen LogP contribution in [0.1, 0.15) is 0 Å². The third-order valence-electron chi connectivity index (χ3n) is 5.68. The summed E-state index contributed by atoms with van der Waals surface area (Å²) < 4.78 is 0. The van der Waals surface area contributed by atoms with Gasteiger partial charge in [0.25, 0.3) is 0 Å². The summed E-state index contributed by atoms with van der Waals surface area (Å²) in [4.78, 5) is 29.8. The zero-order valence-corrected chi connectivity index (χ0v) is 17.6. The molecule has 156 valence electrons. The van der Waals surface area contributed by atoms with Crippen LogP contribution in [0.2, 0.25) is 0 Å². The molecule has 6 aromatic rings. The van der Waals surface area contributed by atoms with Crippen molar-refractivity contribution in [2.75, 3.05) is 0 Å². The van der Waals surface area contributed by atoms with Gasteiger partial charge in [-0.3, -0.25) is 9.78 Å². The number of rotatable bonds is 3. The van der Waals surface area contributed by atoms with Crippen LogP contribution in [-0.2, 0) is 0 Å². The lowest BCUT2D eigenvalue weighted by Crippen LogP contribution is -2.08. The van der Waals surface area contributed by atoms with Crippen molar-refractivity contribution in [3.05, 3.63) is 114 Å². The van der Waals surface area contributed by atoms with E-state index in [1.165, 1.54) is 0 Å². The van der Waals surface area contributed by atoms with Gasteiger partial charge in [0.2, 0.25) is 5.56 Å². The molecule has 0 saturated heterocycles. The Morgan fingerprint density at radius 1 is 0.636 bits per heavy atom. The molecule has 0 radical (unpaired) electrons. The Balaban J connectivity index is 1.70. The van der Waals surface area contributed by atoms with Gasteiger partial charge in [-0.05, 0) is 23.8 Å².